The minimum atomic E-state index is -0.264. The van der Waals surface area contributed by atoms with Crippen molar-refractivity contribution in [2.75, 3.05) is 0 Å². The lowest BCUT2D eigenvalue weighted by atomic mass is 10.2. The summed E-state index contributed by atoms with van der Waals surface area (Å²) in [7, 11) is 0. The van der Waals surface area contributed by atoms with Crippen LogP contribution in [0.1, 0.15) is 11.1 Å². The van der Waals surface area contributed by atoms with Crippen LogP contribution in [0, 0.1) is 5.82 Å². The molecule has 2 aromatic rings. The highest BCUT2D eigenvalue weighted by molar-refractivity contribution is 6.30. The zero-order valence-corrected chi connectivity index (χ0v) is 9.28. The molecule has 2 rings (SSSR count). The molecule has 16 heavy (non-hydrogen) atoms. The van der Waals surface area contributed by atoms with E-state index in [1.807, 2.05) is 6.07 Å². The molecule has 0 atom stereocenters. The molecule has 0 aliphatic heterocycles. The normalized spacial score (nSPS) is 10.7. The molecule has 0 saturated heterocycles. The van der Waals surface area contributed by atoms with E-state index >= 15 is 0 Å². The van der Waals surface area contributed by atoms with Crippen molar-refractivity contribution in [2.45, 2.75) is 13.1 Å². The van der Waals surface area contributed by atoms with Gasteiger partial charge in [0.25, 0.3) is 0 Å². The van der Waals surface area contributed by atoms with Crippen molar-refractivity contribution in [3.63, 3.8) is 0 Å². The van der Waals surface area contributed by atoms with Crippen LogP contribution in [-0.2, 0) is 13.1 Å². The molecule has 2 N–H and O–H groups in total. The van der Waals surface area contributed by atoms with Gasteiger partial charge in [0.1, 0.15) is 11.0 Å². The van der Waals surface area contributed by atoms with Gasteiger partial charge in [-0.15, -0.1) is 0 Å². The summed E-state index contributed by atoms with van der Waals surface area (Å²) in [4.78, 5) is 0. The summed E-state index contributed by atoms with van der Waals surface area (Å²) in [6, 6.07) is 6.34. The molecule has 0 saturated carbocycles. The van der Waals surface area contributed by atoms with Gasteiger partial charge in [-0.25, -0.2) is 9.07 Å². The number of nitrogens with two attached hydrogens (primary N) is 1. The summed E-state index contributed by atoms with van der Waals surface area (Å²) in [5.74, 6) is -0.264. The third-order valence-electron chi connectivity index (χ3n) is 2.29. The van der Waals surface area contributed by atoms with Gasteiger partial charge in [0, 0.05) is 12.1 Å². The van der Waals surface area contributed by atoms with Crippen molar-refractivity contribution in [3.05, 3.63) is 52.6 Å². The quantitative estimate of drug-likeness (QED) is 0.892. The molecule has 0 unspecified atom stereocenters. The summed E-state index contributed by atoms with van der Waals surface area (Å²) < 4.78 is 14.6. The van der Waals surface area contributed by atoms with Crippen molar-refractivity contribution >= 4 is 11.6 Å². The topological polar surface area (TPSA) is 43.8 Å². The monoisotopic (exact) mass is 239 g/mol. The van der Waals surface area contributed by atoms with Crippen LogP contribution in [0.2, 0.25) is 5.15 Å². The van der Waals surface area contributed by atoms with Crippen LogP contribution in [0.15, 0.2) is 30.5 Å². The van der Waals surface area contributed by atoms with Gasteiger partial charge in [0.2, 0.25) is 0 Å². The fourth-order valence-corrected chi connectivity index (χ4v) is 1.69. The summed E-state index contributed by atoms with van der Waals surface area (Å²) in [6.45, 7) is 0.790. The highest BCUT2D eigenvalue weighted by Gasteiger charge is 2.07. The Hall–Kier alpha value is -1.39. The molecule has 0 aliphatic rings. The zero-order valence-electron chi connectivity index (χ0n) is 8.53. The Morgan fingerprint density at radius 1 is 1.44 bits per heavy atom. The van der Waals surface area contributed by atoms with Gasteiger partial charge in [-0.2, -0.15) is 5.10 Å². The van der Waals surface area contributed by atoms with Gasteiger partial charge >= 0.3 is 0 Å². The molecule has 1 heterocycles. The van der Waals surface area contributed by atoms with Gasteiger partial charge in [0.15, 0.2) is 0 Å². The van der Waals surface area contributed by atoms with E-state index in [9.17, 15) is 4.39 Å². The van der Waals surface area contributed by atoms with Crippen molar-refractivity contribution in [1.82, 2.24) is 9.78 Å². The second kappa shape index (κ2) is 4.63. The van der Waals surface area contributed by atoms with Gasteiger partial charge in [-0.05, 0) is 17.7 Å². The second-order valence-corrected chi connectivity index (χ2v) is 3.81. The lowest BCUT2D eigenvalue weighted by Crippen LogP contribution is -2.03. The molecule has 1 aromatic carbocycles. The third-order valence-corrected chi connectivity index (χ3v) is 2.72. The molecule has 5 heteroatoms. The van der Waals surface area contributed by atoms with Gasteiger partial charge in [-0.3, -0.25) is 0 Å². The average molecular weight is 240 g/mol. The number of halogens is 2. The Labute approximate surface area is 97.6 Å². The first-order valence-corrected chi connectivity index (χ1v) is 5.23. The average Bonchev–Trinajstić information content (AvgIpc) is 2.60. The summed E-state index contributed by atoms with van der Waals surface area (Å²) in [5.41, 5.74) is 7.09. The number of rotatable bonds is 3. The molecule has 1 aromatic heterocycles. The van der Waals surface area contributed by atoms with E-state index in [4.69, 9.17) is 17.3 Å². The minimum Gasteiger partial charge on any atom is -0.326 e. The van der Waals surface area contributed by atoms with E-state index in [2.05, 4.69) is 5.10 Å². The number of hydrogen-bond acceptors (Lipinski definition) is 2. The van der Waals surface area contributed by atoms with E-state index < -0.39 is 0 Å². The van der Waals surface area contributed by atoms with Crippen molar-refractivity contribution < 1.29 is 4.39 Å². The molecule has 84 valence electrons. The predicted octanol–water partition coefficient (Wildman–Crippen LogP) is 2.18. The van der Waals surface area contributed by atoms with Crippen molar-refractivity contribution in [2.24, 2.45) is 5.73 Å². The molecule has 0 spiro atoms. The van der Waals surface area contributed by atoms with E-state index in [1.165, 1.54) is 12.1 Å². The standard InChI is InChI=1S/C11H11ClFN3/c12-11-9(5-14)6-15-16(11)7-8-2-1-3-10(13)4-8/h1-4,6H,5,7,14H2. The summed E-state index contributed by atoms with van der Waals surface area (Å²) >= 11 is 6.04. The van der Waals surface area contributed by atoms with Crippen LogP contribution < -0.4 is 5.73 Å². The lowest BCUT2D eigenvalue weighted by molar-refractivity contribution is 0.619. The number of hydrogen-bond donors (Lipinski definition) is 1. The highest BCUT2D eigenvalue weighted by atomic mass is 35.5. The Kier molecular flexibility index (Phi) is 3.22. The molecule has 0 fully saturated rings. The minimum absolute atomic E-state index is 0.264. The highest BCUT2D eigenvalue weighted by Crippen LogP contribution is 2.16. The van der Waals surface area contributed by atoms with Crippen LogP contribution in [0.25, 0.3) is 0 Å². The molecule has 3 nitrogen and oxygen atoms in total. The Balaban J connectivity index is 2.24. The number of nitrogens with zero attached hydrogens (tertiary/aromatic N) is 2. The maximum Gasteiger partial charge on any atom is 0.131 e. The summed E-state index contributed by atoms with van der Waals surface area (Å²) in [6.07, 6.45) is 1.63. The largest absolute Gasteiger partial charge is 0.326 e. The summed E-state index contributed by atoms with van der Waals surface area (Å²) in [5, 5.41) is 4.60. The lowest BCUT2D eigenvalue weighted by Gasteiger charge is -2.04. The molecule has 0 amide bonds. The molecular formula is C11H11ClFN3. The van der Waals surface area contributed by atoms with Crippen molar-refractivity contribution in [1.29, 1.82) is 0 Å². The first-order chi connectivity index (χ1) is 7.70. The second-order valence-electron chi connectivity index (χ2n) is 3.45. The number of benzene rings is 1. The van der Waals surface area contributed by atoms with Gasteiger partial charge < -0.3 is 5.73 Å². The maximum absolute atomic E-state index is 13.0. The molecule has 0 radical (unpaired) electrons. The predicted molar refractivity (Wildman–Crippen MR) is 60.6 cm³/mol. The van der Waals surface area contributed by atoms with E-state index in [-0.39, 0.29) is 5.82 Å². The van der Waals surface area contributed by atoms with Crippen LogP contribution in [0.3, 0.4) is 0 Å². The molecule has 0 aliphatic carbocycles. The SMILES string of the molecule is NCc1cnn(Cc2cccc(F)c2)c1Cl. The first kappa shape index (κ1) is 11.1. The smallest absolute Gasteiger partial charge is 0.131 e. The van der Waals surface area contributed by atoms with Crippen molar-refractivity contribution in [3.8, 4) is 0 Å². The molecular weight excluding hydrogens is 229 g/mol. The Morgan fingerprint density at radius 3 is 2.88 bits per heavy atom. The van der Waals surface area contributed by atoms with Crippen LogP contribution in [0.4, 0.5) is 4.39 Å². The zero-order chi connectivity index (χ0) is 11.5. The van der Waals surface area contributed by atoms with Gasteiger partial charge in [0.05, 0.1) is 12.7 Å². The Morgan fingerprint density at radius 2 is 2.25 bits per heavy atom. The Bertz CT molecular complexity index is 496. The van der Waals surface area contributed by atoms with Crippen LogP contribution in [0.5, 0.6) is 0 Å². The van der Waals surface area contributed by atoms with Crippen LogP contribution >= 0.6 is 11.6 Å². The number of aromatic nitrogens is 2. The third kappa shape index (κ3) is 2.23. The van der Waals surface area contributed by atoms with E-state index in [1.54, 1.807) is 16.9 Å². The fourth-order valence-electron chi connectivity index (χ4n) is 1.46. The first-order valence-electron chi connectivity index (χ1n) is 4.85. The molecule has 0 bridgehead atoms. The maximum atomic E-state index is 13.0. The van der Waals surface area contributed by atoms with Gasteiger partial charge in [-0.1, -0.05) is 23.7 Å². The van der Waals surface area contributed by atoms with Crippen LogP contribution in [-0.4, -0.2) is 9.78 Å². The van der Waals surface area contributed by atoms with E-state index in [0.29, 0.717) is 18.2 Å². The van der Waals surface area contributed by atoms with E-state index in [0.717, 1.165) is 11.1 Å². The fraction of sp³-hybridized carbons (Fsp3) is 0.182.